The van der Waals surface area contributed by atoms with E-state index in [1.807, 2.05) is 0 Å². The summed E-state index contributed by atoms with van der Waals surface area (Å²) in [5.41, 5.74) is 0. The molecule has 2 fully saturated rings. The quantitative estimate of drug-likeness (QED) is 0.650. The Morgan fingerprint density at radius 3 is 1.61 bits per heavy atom. The third-order valence-corrected chi connectivity index (χ3v) is 4.73. The first-order valence-corrected chi connectivity index (χ1v) is 8.19. The summed E-state index contributed by atoms with van der Waals surface area (Å²) in [5, 5.41) is 0. The Kier molecular flexibility index (Phi) is 7.97. The summed E-state index contributed by atoms with van der Waals surface area (Å²) >= 11 is 0. The van der Waals surface area contributed by atoms with E-state index >= 15 is 0 Å². The van der Waals surface area contributed by atoms with Gasteiger partial charge in [0.25, 0.3) is 0 Å². The van der Waals surface area contributed by atoms with Crippen LogP contribution < -0.4 is 0 Å². The minimum atomic E-state index is 0.810. The van der Waals surface area contributed by atoms with Crippen molar-refractivity contribution in [3.63, 3.8) is 0 Å². The van der Waals surface area contributed by atoms with E-state index in [-0.39, 0.29) is 0 Å². The summed E-state index contributed by atoms with van der Waals surface area (Å²) in [7, 11) is 0. The molecule has 0 bridgehead atoms. The first-order valence-electron chi connectivity index (χ1n) is 8.19. The number of ether oxygens (including phenoxy) is 1. The molecule has 1 aliphatic carbocycles. The van der Waals surface area contributed by atoms with Gasteiger partial charge >= 0.3 is 0 Å². The Morgan fingerprint density at radius 2 is 1.28 bits per heavy atom. The van der Waals surface area contributed by atoms with Crippen LogP contribution in [0.5, 0.6) is 0 Å². The van der Waals surface area contributed by atoms with Gasteiger partial charge in [0.15, 0.2) is 0 Å². The normalized spacial score (nSPS) is 26.0. The lowest BCUT2D eigenvalue weighted by Gasteiger charge is -2.24. The number of hydrogen-bond donors (Lipinski definition) is 0. The van der Waals surface area contributed by atoms with Crippen molar-refractivity contribution in [3.05, 3.63) is 0 Å². The first kappa shape index (κ1) is 16.0. The SMILES string of the molecule is CC(C)C1CCCCC1.CC(C)C1CCCOC1. The Bertz CT molecular complexity index is 164. The maximum absolute atomic E-state index is 5.34. The van der Waals surface area contributed by atoms with Gasteiger partial charge in [0.2, 0.25) is 0 Å². The molecule has 2 aliphatic rings. The summed E-state index contributed by atoms with van der Waals surface area (Å²) in [5.74, 6) is 3.63. The molecule has 1 saturated carbocycles. The van der Waals surface area contributed by atoms with Gasteiger partial charge in [-0.25, -0.2) is 0 Å². The molecule has 2 rings (SSSR count). The van der Waals surface area contributed by atoms with Crippen LogP contribution in [0.15, 0.2) is 0 Å². The van der Waals surface area contributed by atoms with E-state index in [0.717, 1.165) is 36.9 Å². The van der Waals surface area contributed by atoms with Gasteiger partial charge in [0, 0.05) is 13.2 Å². The Hall–Kier alpha value is -0.0400. The van der Waals surface area contributed by atoms with Crippen LogP contribution in [0.1, 0.15) is 72.6 Å². The van der Waals surface area contributed by atoms with E-state index in [4.69, 9.17) is 4.74 Å². The molecule has 1 saturated heterocycles. The van der Waals surface area contributed by atoms with E-state index < -0.39 is 0 Å². The highest BCUT2D eigenvalue weighted by Crippen LogP contribution is 2.29. The molecule has 108 valence electrons. The van der Waals surface area contributed by atoms with Gasteiger partial charge in [0.1, 0.15) is 0 Å². The van der Waals surface area contributed by atoms with Gasteiger partial charge < -0.3 is 4.74 Å². The Balaban J connectivity index is 0.000000180. The zero-order valence-electron chi connectivity index (χ0n) is 13.1. The van der Waals surface area contributed by atoms with Gasteiger partial charge in [-0.3, -0.25) is 0 Å². The molecular weight excluding hydrogens is 220 g/mol. The van der Waals surface area contributed by atoms with E-state index in [2.05, 4.69) is 27.7 Å². The second-order valence-electron chi connectivity index (χ2n) is 6.86. The fraction of sp³-hybridized carbons (Fsp3) is 1.00. The van der Waals surface area contributed by atoms with Crippen molar-refractivity contribution in [2.24, 2.45) is 23.7 Å². The number of rotatable bonds is 2. The molecule has 1 aliphatic heterocycles. The van der Waals surface area contributed by atoms with Crippen LogP contribution in [0.4, 0.5) is 0 Å². The van der Waals surface area contributed by atoms with Crippen LogP contribution in [0.25, 0.3) is 0 Å². The maximum atomic E-state index is 5.34. The van der Waals surface area contributed by atoms with E-state index in [1.165, 1.54) is 44.9 Å². The maximum Gasteiger partial charge on any atom is 0.0496 e. The third kappa shape index (κ3) is 6.22. The second-order valence-corrected chi connectivity index (χ2v) is 6.86. The average molecular weight is 254 g/mol. The van der Waals surface area contributed by atoms with Crippen molar-refractivity contribution >= 4 is 0 Å². The lowest BCUT2D eigenvalue weighted by atomic mass is 9.82. The molecule has 1 heteroatoms. The minimum Gasteiger partial charge on any atom is -0.381 e. The van der Waals surface area contributed by atoms with Gasteiger partial charge in [0.05, 0.1) is 0 Å². The van der Waals surface area contributed by atoms with Gasteiger partial charge in [-0.2, -0.15) is 0 Å². The van der Waals surface area contributed by atoms with Crippen LogP contribution >= 0.6 is 0 Å². The summed E-state index contributed by atoms with van der Waals surface area (Å²) in [6.07, 6.45) is 10.1. The summed E-state index contributed by atoms with van der Waals surface area (Å²) in [6, 6.07) is 0. The molecule has 0 aromatic heterocycles. The Labute approximate surface area is 115 Å². The molecule has 1 heterocycles. The van der Waals surface area contributed by atoms with Crippen molar-refractivity contribution in [3.8, 4) is 0 Å². The largest absolute Gasteiger partial charge is 0.381 e. The predicted molar refractivity (Wildman–Crippen MR) is 79.8 cm³/mol. The molecule has 1 atom stereocenters. The van der Waals surface area contributed by atoms with E-state index in [1.54, 1.807) is 0 Å². The zero-order chi connectivity index (χ0) is 13.4. The highest BCUT2D eigenvalue weighted by atomic mass is 16.5. The summed E-state index contributed by atoms with van der Waals surface area (Å²) < 4.78 is 5.34. The highest BCUT2D eigenvalue weighted by molar-refractivity contribution is 4.68. The van der Waals surface area contributed by atoms with E-state index in [9.17, 15) is 0 Å². The van der Waals surface area contributed by atoms with Crippen LogP contribution in [-0.2, 0) is 4.74 Å². The molecule has 0 aromatic carbocycles. The topological polar surface area (TPSA) is 9.23 Å². The molecule has 1 unspecified atom stereocenters. The molecule has 0 radical (unpaired) electrons. The molecule has 0 spiro atoms. The first-order chi connectivity index (χ1) is 8.61. The monoisotopic (exact) mass is 254 g/mol. The van der Waals surface area contributed by atoms with Crippen molar-refractivity contribution in [2.75, 3.05) is 13.2 Å². The molecular formula is C17H34O. The smallest absolute Gasteiger partial charge is 0.0496 e. The van der Waals surface area contributed by atoms with Crippen molar-refractivity contribution in [1.29, 1.82) is 0 Å². The molecule has 18 heavy (non-hydrogen) atoms. The summed E-state index contributed by atoms with van der Waals surface area (Å²) in [4.78, 5) is 0. The standard InChI is InChI=1S/C9H18.C8H16O/c1-8(2)9-6-4-3-5-7-9;1-7(2)8-4-3-5-9-6-8/h8-9H,3-7H2,1-2H3;7-8H,3-6H2,1-2H3. The van der Waals surface area contributed by atoms with Crippen LogP contribution in [0.3, 0.4) is 0 Å². The highest BCUT2D eigenvalue weighted by Gasteiger charge is 2.16. The summed E-state index contributed by atoms with van der Waals surface area (Å²) in [6.45, 7) is 11.3. The molecule has 1 nitrogen and oxygen atoms in total. The van der Waals surface area contributed by atoms with Crippen LogP contribution in [-0.4, -0.2) is 13.2 Å². The molecule has 0 N–H and O–H groups in total. The van der Waals surface area contributed by atoms with Crippen molar-refractivity contribution in [2.45, 2.75) is 72.6 Å². The zero-order valence-corrected chi connectivity index (χ0v) is 13.1. The van der Waals surface area contributed by atoms with Gasteiger partial charge in [-0.15, -0.1) is 0 Å². The second kappa shape index (κ2) is 8.96. The average Bonchev–Trinajstić information content (AvgIpc) is 2.41. The minimum absolute atomic E-state index is 0.810. The van der Waals surface area contributed by atoms with Crippen LogP contribution in [0, 0.1) is 23.7 Å². The fourth-order valence-corrected chi connectivity index (χ4v) is 3.09. The van der Waals surface area contributed by atoms with Gasteiger partial charge in [-0.05, 0) is 36.5 Å². The van der Waals surface area contributed by atoms with Gasteiger partial charge in [-0.1, -0.05) is 59.8 Å². The fourth-order valence-electron chi connectivity index (χ4n) is 3.09. The number of hydrogen-bond acceptors (Lipinski definition) is 1. The van der Waals surface area contributed by atoms with E-state index in [0.29, 0.717) is 0 Å². The van der Waals surface area contributed by atoms with Crippen LogP contribution in [0.2, 0.25) is 0 Å². The lowest BCUT2D eigenvalue weighted by Crippen LogP contribution is -2.21. The lowest BCUT2D eigenvalue weighted by molar-refractivity contribution is 0.0373. The van der Waals surface area contributed by atoms with Crippen molar-refractivity contribution in [1.82, 2.24) is 0 Å². The molecule has 0 aromatic rings. The third-order valence-electron chi connectivity index (χ3n) is 4.73. The van der Waals surface area contributed by atoms with Crippen molar-refractivity contribution < 1.29 is 4.74 Å². The molecule has 0 amide bonds. The predicted octanol–water partition coefficient (Wildman–Crippen LogP) is 5.29. The Morgan fingerprint density at radius 1 is 0.722 bits per heavy atom.